The van der Waals surface area contributed by atoms with E-state index in [1.54, 1.807) is 23.9 Å². The molecule has 0 bridgehead atoms. The van der Waals surface area contributed by atoms with E-state index in [1.165, 1.54) is 11.8 Å². The van der Waals surface area contributed by atoms with Crippen LogP contribution >= 0.6 is 11.8 Å². The number of nitrogens with one attached hydrogen (secondary N) is 2. The van der Waals surface area contributed by atoms with E-state index in [2.05, 4.69) is 28.0 Å². The molecule has 0 aliphatic heterocycles. The second-order valence-electron chi connectivity index (χ2n) is 6.70. The van der Waals surface area contributed by atoms with E-state index in [1.807, 2.05) is 61.5 Å². The molecule has 0 aromatic heterocycles. The van der Waals surface area contributed by atoms with Gasteiger partial charge in [-0.3, -0.25) is 9.59 Å². The summed E-state index contributed by atoms with van der Waals surface area (Å²) in [6.07, 6.45) is 0. The van der Waals surface area contributed by atoms with Gasteiger partial charge in [-0.2, -0.15) is 5.10 Å². The third kappa shape index (κ3) is 6.32. The highest BCUT2D eigenvalue weighted by Crippen LogP contribution is 2.22. The molecule has 152 valence electrons. The number of anilines is 1. The van der Waals surface area contributed by atoms with Crippen molar-refractivity contribution in [1.82, 2.24) is 5.43 Å². The van der Waals surface area contributed by atoms with Crippen LogP contribution in [0.15, 0.2) is 88.9 Å². The lowest BCUT2D eigenvalue weighted by Crippen LogP contribution is -2.19. The lowest BCUT2D eigenvalue weighted by Gasteiger charge is -2.06. The van der Waals surface area contributed by atoms with Crippen LogP contribution in [0.3, 0.4) is 0 Å². The fourth-order valence-corrected chi connectivity index (χ4v) is 3.57. The number of carbonyl (C=O) groups excluding carboxylic acids is 2. The van der Waals surface area contributed by atoms with Crippen LogP contribution in [-0.4, -0.2) is 17.5 Å². The standard InChI is InChI=1S/C24H23N3O2S/c1-17(20-12-14-22(15-13-20)25-18(2)28)26-27-24(29)21-10-8-19(9-11-21)16-30-23-6-4-3-5-7-23/h3-15H,16H2,1-2H3,(H,25,28)(H,27,29)/b26-17-. The molecule has 0 fully saturated rings. The largest absolute Gasteiger partial charge is 0.326 e. The van der Waals surface area contributed by atoms with Crippen molar-refractivity contribution in [3.8, 4) is 0 Å². The van der Waals surface area contributed by atoms with Crippen molar-refractivity contribution >= 4 is 35.0 Å². The quantitative estimate of drug-likeness (QED) is 0.319. The zero-order valence-corrected chi connectivity index (χ0v) is 17.7. The Kier molecular flexibility index (Phi) is 7.40. The van der Waals surface area contributed by atoms with Crippen molar-refractivity contribution in [2.24, 2.45) is 5.10 Å². The van der Waals surface area contributed by atoms with E-state index < -0.39 is 0 Å². The SMILES string of the molecule is CC(=O)Nc1ccc(/C(C)=N\NC(=O)c2ccc(CSc3ccccc3)cc2)cc1. The number of hydrogen-bond acceptors (Lipinski definition) is 4. The van der Waals surface area contributed by atoms with Crippen LogP contribution in [0.2, 0.25) is 0 Å². The molecule has 0 aliphatic carbocycles. The van der Waals surface area contributed by atoms with Crippen molar-refractivity contribution in [2.45, 2.75) is 24.5 Å². The number of carbonyl (C=O) groups is 2. The zero-order chi connectivity index (χ0) is 21.3. The third-order valence-corrected chi connectivity index (χ3v) is 5.40. The maximum absolute atomic E-state index is 12.4. The second kappa shape index (κ2) is 10.4. The highest BCUT2D eigenvalue weighted by molar-refractivity contribution is 7.98. The smallest absolute Gasteiger partial charge is 0.271 e. The Bertz CT molecular complexity index is 1030. The molecule has 0 saturated carbocycles. The maximum Gasteiger partial charge on any atom is 0.271 e. The van der Waals surface area contributed by atoms with Crippen molar-refractivity contribution < 1.29 is 9.59 Å². The molecule has 3 aromatic rings. The molecule has 6 heteroatoms. The summed E-state index contributed by atoms with van der Waals surface area (Å²) in [5, 5.41) is 6.90. The molecule has 0 spiro atoms. The van der Waals surface area contributed by atoms with E-state index in [0.29, 0.717) is 17.0 Å². The van der Waals surface area contributed by atoms with Gasteiger partial charge < -0.3 is 5.32 Å². The number of benzene rings is 3. The summed E-state index contributed by atoms with van der Waals surface area (Å²) in [5.74, 6) is 0.467. The summed E-state index contributed by atoms with van der Waals surface area (Å²) in [4.78, 5) is 24.7. The van der Waals surface area contributed by atoms with Crippen LogP contribution in [0.25, 0.3) is 0 Å². The lowest BCUT2D eigenvalue weighted by atomic mass is 10.1. The fourth-order valence-electron chi connectivity index (χ4n) is 2.70. The Hall–Kier alpha value is -3.38. The van der Waals surface area contributed by atoms with Gasteiger partial charge in [-0.25, -0.2) is 5.43 Å². The average molecular weight is 418 g/mol. The van der Waals surface area contributed by atoms with E-state index >= 15 is 0 Å². The first kappa shape index (κ1) is 21.3. The molecular weight excluding hydrogens is 394 g/mol. The number of thioether (sulfide) groups is 1. The summed E-state index contributed by atoms with van der Waals surface area (Å²) in [6, 6.07) is 25.0. The molecule has 30 heavy (non-hydrogen) atoms. The first-order valence-corrected chi connectivity index (χ1v) is 10.5. The van der Waals surface area contributed by atoms with Gasteiger partial charge in [-0.15, -0.1) is 11.8 Å². The van der Waals surface area contributed by atoms with Gasteiger partial charge in [0.25, 0.3) is 5.91 Å². The highest BCUT2D eigenvalue weighted by atomic mass is 32.2. The van der Waals surface area contributed by atoms with Gasteiger partial charge >= 0.3 is 0 Å². The van der Waals surface area contributed by atoms with E-state index in [4.69, 9.17) is 0 Å². The summed E-state index contributed by atoms with van der Waals surface area (Å²) >= 11 is 1.76. The van der Waals surface area contributed by atoms with Crippen molar-refractivity contribution in [3.63, 3.8) is 0 Å². The van der Waals surface area contributed by atoms with Crippen LogP contribution in [0.4, 0.5) is 5.69 Å². The molecule has 0 aliphatic rings. The number of nitrogens with zero attached hydrogens (tertiary/aromatic N) is 1. The Balaban J connectivity index is 1.55. The number of amides is 2. The molecule has 2 N–H and O–H groups in total. The summed E-state index contributed by atoms with van der Waals surface area (Å²) < 4.78 is 0. The van der Waals surface area contributed by atoms with Crippen LogP contribution in [0.5, 0.6) is 0 Å². The molecule has 3 aromatic carbocycles. The Morgan fingerprint density at radius 3 is 2.10 bits per heavy atom. The topological polar surface area (TPSA) is 70.6 Å². The van der Waals surface area contributed by atoms with Gasteiger partial charge in [0.2, 0.25) is 5.91 Å². The molecule has 3 rings (SSSR count). The minimum Gasteiger partial charge on any atom is -0.326 e. The minimum absolute atomic E-state index is 0.120. The molecule has 0 unspecified atom stereocenters. The molecule has 5 nitrogen and oxygen atoms in total. The molecule has 0 saturated heterocycles. The van der Waals surface area contributed by atoms with Crippen molar-refractivity contribution in [1.29, 1.82) is 0 Å². The van der Waals surface area contributed by atoms with Gasteiger partial charge in [-0.05, 0) is 54.4 Å². The average Bonchev–Trinajstić information content (AvgIpc) is 2.77. The van der Waals surface area contributed by atoms with Gasteiger partial charge in [0.1, 0.15) is 0 Å². The van der Waals surface area contributed by atoms with Crippen LogP contribution in [0, 0.1) is 0 Å². The lowest BCUT2D eigenvalue weighted by molar-refractivity contribution is -0.114. The summed E-state index contributed by atoms with van der Waals surface area (Å²) in [7, 11) is 0. The zero-order valence-electron chi connectivity index (χ0n) is 16.9. The Labute approximate surface area is 180 Å². The third-order valence-electron chi connectivity index (χ3n) is 4.31. The van der Waals surface area contributed by atoms with Gasteiger partial charge in [-0.1, -0.05) is 42.5 Å². The Morgan fingerprint density at radius 2 is 1.47 bits per heavy atom. The van der Waals surface area contributed by atoms with Crippen molar-refractivity contribution in [2.75, 3.05) is 5.32 Å². The minimum atomic E-state index is -0.258. The first-order chi connectivity index (χ1) is 14.5. The predicted molar refractivity (Wildman–Crippen MR) is 123 cm³/mol. The fraction of sp³-hybridized carbons (Fsp3) is 0.125. The van der Waals surface area contributed by atoms with Crippen LogP contribution in [-0.2, 0) is 10.5 Å². The van der Waals surface area contributed by atoms with E-state index in [-0.39, 0.29) is 11.8 Å². The highest BCUT2D eigenvalue weighted by Gasteiger charge is 2.06. The normalized spacial score (nSPS) is 11.1. The summed E-state index contributed by atoms with van der Waals surface area (Å²) in [5.41, 5.74) is 6.55. The van der Waals surface area contributed by atoms with Gasteiger partial charge in [0.05, 0.1) is 5.71 Å². The van der Waals surface area contributed by atoms with Crippen LogP contribution in [0.1, 0.15) is 35.3 Å². The molecule has 0 radical (unpaired) electrons. The molecular formula is C24H23N3O2S. The van der Waals surface area contributed by atoms with Gasteiger partial charge in [0, 0.05) is 28.8 Å². The van der Waals surface area contributed by atoms with Crippen molar-refractivity contribution in [3.05, 3.63) is 95.6 Å². The second-order valence-corrected chi connectivity index (χ2v) is 7.74. The van der Waals surface area contributed by atoms with Crippen LogP contribution < -0.4 is 10.7 Å². The van der Waals surface area contributed by atoms with E-state index in [9.17, 15) is 9.59 Å². The molecule has 0 atom stereocenters. The number of hydrogen-bond donors (Lipinski definition) is 2. The molecule has 2 amide bonds. The van der Waals surface area contributed by atoms with Gasteiger partial charge in [0.15, 0.2) is 0 Å². The van der Waals surface area contributed by atoms with E-state index in [0.717, 1.165) is 16.9 Å². The Morgan fingerprint density at radius 1 is 0.833 bits per heavy atom. The molecule has 0 heterocycles. The first-order valence-electron chi connectivity index (χ1n) is 9.51. The number of hydrazone groups is 1. The maximum atomic E-state index is 12.4. The monoisotopic (exact) mass is 417 g/mol. The number of rotatable bonds is 7. The predicted octanol–water partition coefficient (Wildman–Crippen LogP) is 5.09. The summed E-state index contributed by atoms with van der Waals surface area (Å²) in [6.45, 7) is 3.28.